The van der Waals surface area contributed by atoms with E-state index in [4.69, 9.17) is 29.2 Å². The zero-order valence-corrected chi connectivity index (χ0v) is 41.4. The molecule has 7 heterocycles. The highest BCUT2D eigenvalue weighted by Gasteiger charge is 2.57. The van der Waals surface area contributed by atoms with Crippen LogP contribution in [0, 0.1) is 18.8 Å². The second-order valence-electron chi connectivity index (χ2n) is 19.8. The highest BCUT2D eigenvalue weighted by Crippen LogP contribution is 2.54. The van der Waals surface area contributed by atoms with Crippen LogP contribution in [0.4, 0.5) is 14.0 Å². The Bertz CT molecular complexity index is 3010. The van der Waals surface area contributed by atoms with Crippen molar-refractivity contribution in [3.63, 3.8) is 0 Å². The number of methoxy groups -OCH3 is 2. The van der Waals surface area contributed by atoms with E-state index < -0.39 is 48.1 Å². The fourth-order valence-electron chi connectivity index (χ4n) is 10.7. The first-order chi connectivity index (χ1) is 33.6. The third-order valence-electron chi connectivity index (χ3n) is 14.3. The molecule has 19 heteroatoms. The molecule has 3 fully saturated rings. The number of benzene rings is 2. The zero-order chi connectivity index (χ0) is 49.3. The third-order valence-corrected chi connectivity index (χ3v) is 15.3. The Morgan fingerprint density at radius 2 is 1.63 bits per heavy atom. The number of hydrogen-bond acceptors (Lipinski definition) is 11. The van der Waals surface area contributed by atoms with Gasteiger partial charge in [0.1, 0.15) is 35.2 Å². The molecule has 0 spiro atoms. The first kappa shape index (κ1) is 46.9. The minimum Gasteiger partial charge on any atom is -0.464 e. The molecule has 70 heavy (non-hydrogen) atoms. The lowest BCUT2D eigenvalue weighted by Gasteiger charge is -2.34. The number of piperidine rings is 1. The van der Waals surface area contributed by atoms with Crippen LogP contribution >= 0.6 is 11.3 Å². The number of hydrogen-bond donors (Lipinski definition) is 4. The van der Waals surface area contributed by atoms with Crippen molar-refractivity contribution in [3.8, 4) is 39.5 Å². The number of aromatic nitrogens is 6. The number of likely N-dealkylation sites (tertiary alicyclic amines) is 2. The summed E-state index contributed by atoms with van der Waals surface area (Å²) < 4.78 is 34.3. The number of fused-ring (bicyclic) bond motifs is 6. The molecule has 4 amide bonds. The highest BCUT2D eigenvalue weighted by molar-refractivity contribution is 7.11. The van der Waals surface area contributed by atoms with Crippen LogP contribution in [0.15, 0.2) is 55.0 Å². The van der Waals surface area contributed by atoms with Crippen molar-refractivity contribution in [2.45, 2.75) is 122 Å². The number of halogens is 1. The van der Waals surface area contributed by atoms with Crippen LogP contribution in [0.2, 0.25) is 0 Å². The molecule has 0 bridgehead atoms. The predicted octanol–water partition coefficient (Wildman–Crippen LogP) is 8.92. The second kappa shape index (κ2) is 18.2. The molecule has 7 atom stereocenters. The number of rotatable bonds is 13. The van der Waals surface area contributed by atoms with Gasteiger partial charge in [-0.05, 0) is 107 Å². The molecule has 10 rings (SSSR count). The molecule has 1 unspecified atom stereocenters. The molecular formula is C51H59FN10O7S. The summed E-state index contributed by atoms with van der Waals surface area (Å²) in [5.74, 6) is 1.46. The molecule has 3 aliphatic heterocycles. The first-order valence-corrected chi connectivity index (χ1v) is 24.9. The van der Waals surface area contributed by atoms with Crippen LogP contribution in [0.5, 0.6) is 5.75 Å². The number of alkyl halides is 1. The Hall–Kier alpha value is -6.76. The minimum absolute atomic E-state index is 0.0486. The number of carbonyl (C=O) groups is 4. The van der Waals surface area contributed by atoms with E-state index in [0.29, 0.717) is 24.6 Å². The van der Waals surface area contributed by atoms with E-state index in [1.165, 1.54) is 28.1 Å². The standard InChI is InChI=1S/C51H59FN10O7S/c1-9-11-40-53-24-39(70-40)48-62-33-14-13-27(31-22-55-45(56-31)37-20-30-18-35(30)61(37)47(64)43(51(5,6)52)59-50(66)68-8)17-29(33)19-36(62)41-26(4)16-28(21-38(41)69-48)32-23-54-44(57-32)34-12-10-15-60(34)46(63)42(25(2)3)58-49(65)67-7/h13-14,16-17,19,21-25,30,34-35,37,42-43,48H,9-12,15,18,20H2,1-8H3,(H,54,57)(H,55,56)(H,58,65)(H,59,66)/t30-,34+,35-,37+,42+,43+,48?/m1/s1. The SMILES string of the molecule is CCCc1ncc(C2Oc3cc(-c4cnc([C@@H]5CCCN5C(=O)[C@@H](NC(=O)OC)C(C)C)[nH]4)cc(C)c3-c3cc4cc(-c5cnc([C@@H]6C[C@H]7C[C@H]7N6C(=O)[C@H](NC(=O)OC)C(C)(C)F)[nH]5)ccc4n32)s1. The number of H-pyrrole nitrogens is 2. The van der Waals surface area contributed by atoms with Crippen molar-refractivity contribution in [1.29, 1.82) is 0 Å². The molecule has 4 aromatic heterocycles. The van der Waals surface area contributed by atoms with E-state index >= 15 is 4.39 Å². The van der Waals surface area contributed by atoms with E-state index in [-0.39, 0.29) is 29.8 Å². The van der Waals surface area contributed by atoms with Crippen molar-refractivity contribution >= 4 is 46.2 Å². The number of carbonyl (C=O) groups excluding carboxylic acids is 4. The second-order valence-corrected chi connectivity index (χ2v) is 21.0. The maximum Gasteiger partial charge on any atom is 0.407 e. The van der Waals surface area contributed by atoms with Crippen LogP contribution in [0.1, 0.15) is 112 Å². The third kappa shape index (κ3) is 8.44. The number of nitrogens with zero attached hydrogens (tertiary/aromatic N) is 6. The average molecular weight is 975 g/mol. The summed E-state index contributed by atoms with van der Waals surface area (Å²) in [5, 5.41) is 7.18. The molecule has 1 aliphatic carbocycles. The van der Waals surface area contributed by atoms with E-state index in [9.17, 15) is 19.2 Å². The van der Waals surface area contributed by atoms with Gasteiger partial charge in [0.05, 0.1) is 71.2 Å². The number of alkyl carbamates (subject to hydrolysis) is 2. The molecule has 368 valence electrons. The highest BCUT2D eigenvalue weighted by atomic mass is 32.1. The normalized spacial score (nSPS) is 21.2. The molecule has 4 N–H and O–H groups in total. The summed E-state index contributed by atoms with van der Waals surface area (Å²) in [5.41, 5.74) is 5.24. The summed E-state index contributed by atoms with van der Waals surface area (Å²) in [6, 6.07) is 9.75. The molecular weight excluding hydrogens is 916 g/mol. The number of imidazole rings is 2. The van der Waals surface area contributed by atoms with Crippen LogP contribution in [-0.2, 0) is 25.5 Å². The minimum atomic E-state index is -2.04. The van der Waals surface area contributed by atoms with Crippen molar-refractivity contribution in [1.82, 2.24) is 49.9 Å². The monoisotopic (exact) mass is 974 g/mol. The fraction of sp³-hybridized carbons (Fsp3) is 0.471. The van der Waals surface area contributed by atoms with Gasteiger partial charge in [-0.3, -0.25) is 14.2 Å². The van der Waals surface area contributed by atoms with Crippen LogP contribution in [-0.4, -0.2) is 108 Å². The maximum atomic E-state index is 15.5. The van der Waals surface area contributed by atoms with Gasteiger partial charge in [0.2, 0.25) is 18.0 Å². The fourth-order valence-corrected chi connectivity index (χ4v) is 11.7. The van der Waals surface area contributed by atoms with E-state index in [0.717, 1.165) is 98.0 Å². The van der Waals surface area contributed by atoms with Crippen molar-refractivity contribution < 1.29 is 37.8 Å². The Balaban J connectivity index is 0.966. The van der Waals surface area contributed by atoms with Gasteiger partial charge in [0, 0.05) is 40.9 Å². The zero-order valence-electron chi connectivity index (χ0n) is 40.6. The van der Waals surface area contributed by atoms with Gasteiger partial charge in [0.15, 0.2) is 0 Å². The lowest BCUT2D eigenvalue weighted by atomic mass is 9.98. The number of thiazole rings is 1. The van der Waals surface area contributed by atoms with Crippen LogP contribution < -0.4 is 15.4 Å². The molecule has 6 aromatic rings. The largest absolute Gasteiger partial charge is 0.464 e. The van der Waals surface area contributed by atoms with Gasteiger partial charge in [-0.15, -0.1) is 11.3 Å². The summed E-state index contributed by atoms with van der Waals surface area (Å²) >= 11 is 1.65. The molecule has 4 aliphatic rings. The van der Waals surface area contributed by atoms with Crippen LogP contribution in [0.3, 0.4) is 0 Å². The van der Waals surface area contributed by atoms with Gasteiger partial charge >= 0.3 is 12.2 Å². The van der Waals surface area contributed by atoms with Gasteiger partial charge in [0.25, 0.3) is 0 Å². The summed E-state index contributed by atoms with van der Waals surface area (Å²) in [6.45, 7) is 11.1. The van der Waals surface area contributed by atoms with Crippen molar-refractivity contribution in [3.05, 3.63) is 82.1 Å². The summed E-state index contributed by atoms with van der Waals surface area (Å²) in [7, 11) is 2.47. The first-order valence-electron chi connectivity index (χ1n) is 24.1. The number of ether oxygens (including phenoxy) is 3. The topological polar surface area (TPSA) is 202 Å². The number of aromatic amines is 2. The van der Waals surface area contributed by atoms with Gasteiger partial charge in [-0.25, -0.2) is 28.9 Å². The Labute approximate surface area is 408 Å². The quantitative estimate of drug-likeness (QED) is 0.0866. The van der Waals surface area contributed by atoms with Crippen LogP contribution in [0.25, 0.3) is 44.7 Å². The number of amides is 4. The van der Waals surface area contributed by atoms with Gasteiger partial charge < -0.3 is 44.6 Å². The molecule has 0 radical (unpaired) electrons. The lowest BCUT2D eigenvalue weighted by Crippen LogP contribution is -2.57. The maximum absolute atomic E-state index is 15.5. The molecule has 17 nitrogen and oxygen atoms in total. The Morgan fingerprint density at radius 1 is 0.914 bits per heavy atom. The molecule has 1 saturated carbocycles. The average Bonchev–Trinajstić information content (AvgIpc) is 4.09. The van der Waals surface area contributed by atoms with E-state index in [1.807, 2.05) is 20.0 Å². The van der Waals surface area contributed by atoms with Gasteiger partial charge in [-0.2, -0.15) is 0 Å². The number of nitrogens with one attached hydrogen (secondary N) is 4. The molecule has 2 aromatic carbocycles. The van der Waals surface area contributed by atoms with Gasteiger partial charge in [-0.1, -0.05) is 26.8 Å². The Morgan fingerprint density at radius 3 is 2.33 bits per heavy atom. The predicted molar refractivity (Wildman–Crippen MR) is 261 cm³/mol. The van der Waals surface area contributed by atoms with E-state index in [2.05, 4.69) is 75.4 Å². The Kier molecular flexibility index (Phi) is 12.2. The van der Waals surface area contributed by atoms with Crippen molar-refractivity contribution in [2.75, 3.05) is 20.8 Å². The van der Waals surface area contributed by atoms with Crippen molar-refractivity contribution in [2.24, 2.45) is 11.8 Å². The number of aryl methyl sites for hydroxylation is 2. The lowest BCUT2D eigenvalue weighted by molar-refractivity contribution is -0.139. The summed E-state index contributed by atoms with van der Waals surface area (Å²) in [6.07, 6.45) is 8.36. The summed E-state index contributed by atoms with van der Waals surface area (Å²) in [4.78, 5) is 78.2. The molecule has 2 saturated heterocycles. The van der Waals surface area contributed by atoms with E-state index in [1.54, 1.807) is 33.5 Å². The smallest absolute Gasteiger partial charge is 0.407 e.